The van der Waals surface area contributed by atoms with E-state index in [1.165, 1.54) is 5.56 Å². The monoisotopic (exact) mass is 406 g/mol. The smallest absolute Gasteiger partial charge is 0.234 e. The highest BCUT2D eigenvalue weighted by Crippen LogP contribution is 2.39. The molecule has 0 unspecified atom stereocenters. The zero-order chi connectivity index (χ0) is 21.0. The van der Waals surface area contributed by atoms with Crippen molar-refractivity contribution in [1.82, 2.24) is 20.5 Å². The van der Waals surface area contributed by atoms with Crippen molar-refractivity contribution in [3.05, 3.63) is 66.0 Å². The van der Waals surface area contributed by atoms with Crippen LogP contribution >= 0.6 is 0 Å². The van der Waals surface area contributed by atoms with E-state index in [1.807, 2.05) is 24.3 Å². The molecule has 3 atom stereocenters. The molecule has 4 rings (SSSR count). The zero-order valence-corrected chi connectivity index (χ0v) is 17.5. The van der Waals surface area contributed by atoms with Crippen molar-refractivity contribution in [2.45, 2.75) is 63.2 Å². The van der Waals surface area contributed by atoms with E-state index in [1.54, 1.807) is 6.20 Å². The summed E-state index contributed by atoms with van der Waals surface area (Å²) in [6.45, 7) is 2.90. The number of nitrogens with one attached hydrogen (secondary N) is 2. The van der Waals surface area contributed by atoms with Gasteiger partial charge in [-0.3, -0.25) is 19.5 Å². The van der Waals surface area contributed by atoms with Gasteiger partial charge >= 0.3 is 0 Å². The number of carbonyl (C=O) groups is 2. The van der Waals surface area contributed by atoms with E-state index in [9.17, 15) is 9.59 Å². The van der Waals surface area contributed by atoms with Crippen molar-refractivity contribution in [2.75, 3.05) is 6.54 Å². The van der Waals surface area contributed by atoms with Crippen molar-refractivity contribution in [3.8, 4) is 0 Å². The minimum atomic E-state index is -0.297. The van der Waals surface area contributed by atoms with Gasteiger partial charge in [-0.05, 0) is 50.3 Å². The van der Waals surface area contributed by atoms with E-state index in [2.05, 4.69) is 51.7 Å². The van der Waals surface area contributed by atoms with Gasteiger partial charge in [0.15, 0.2) is 0 Å². The first-order chi connectivity index (χ1) is 14.5. The summed E-state index contributed by atoms with van der Waals surface area (Å²) < 4.78 is 0. The van der Waals surface area contributed by atoms with Crippen LogP contribution in [-0.4, -0.2) is 45.9 Å². The van der Waals surface area contributed by atoms with Crippen LogP contribution in [0.2, 0.25) is 0 Å². The van der Waals surface area contributed by atoms with Gasteiger partial charge in [-0.2, -0.15) is 0 Å². The number of benzene rings is 1. The molecule has 0 saturated carbocycles. The molecule has 1 aromatic carbocycles. The SMILES string of the molecule is C[C@]12C[C@@H](Cc3ccccc3)N(CC(=O)NCc3ccccn3)[C@H]1CCCC(=O)N2. The van der Waals surface area contributed by atoms with Gasteiger partial charge in [0.25, 0.3) is 0 Å². The molecule has 6 nitrogen and oxygen atoms in total. The summed E-state index contributed by atoms with van der Waals surface area (Å²) in [6, 6.07) is 16.5. The molecule has 0 aliphatic carbocycles. The molecule has 2 N–H and O–H groups in total. The van der Waals surface area contributed by atoms with Gasteiger partial charge in [-0.25, -0.2) is 0 Å². The fraction of sp³-hybridized carbons (Fsp3) is 0.458. The molecule has 2 aromatic rings. The van der Waals surface area contributed by atoms with Gasteiger partial charge in [0, 0.05) is 24.7 Å². The van der Waals surface area contributed by atoms with Gasteiger partial charge in [0.05, 0.1) is 24.3 Å². The minimum Gasteiger partial charge on any atom is -0.349 e. The van der Waals surface area contributed by atoms with Crippen LogP contribution in [-0.2, 0) is 22.6 Å². The van der Waals surface area contributed by atoms with E-state index < -0.39 is 0 Å². The maximum absolute atomic E-state index is 12.8. The number of likely N-dealkylation sites (tertiary alicyclic amines) is 1. The number of nitrogens with zero attached hydrogens (tertiary/aromatic N) is 2. The number of hydrogen-bond donors (Lipinski definition) is 2. The predicted molar refractivity (Wildman–Crippen MR) is 116 cm³/mol. The molecule has 2 aliphatic heterocycles. The molecule has 0 radical (unpaired) electrons. The van der Waals surface area contributed by atoms with Gasteiger partial charge in [-0.15, -0.1) is 0 Å². The zero-order valence-electron chi connectivity index (χ0n) is 17.5. The standard InChI is InChI=1S/C24H30N4O2/c1-24-15-20(14-18-8-3-2-4-9-18)28(21(24)11-7-12-22(29)27-24)17-23(30)26-16-19-10-5-6-13-25-19/h2-6,8-10,13,20-21H,7,11-12,14-17H2,1H3,(H,26,30)(H,27,29)/t20-,21+,24+/m1/s1. The highest BCUT2D eigenvalue weighted by atomic mass is 16.2. The first-order valence-electron chi connectivity index (χ1n) is 10.8. The third-order valence-corrected chi connectivity index (χ3v) is 6.40. The van der Waals surface area contributed by atoms with Crippen LogP contribution in [0.1, 0.15) is 43.9 Å². The average Bonchev–Trinajstić information content (AvgIpc) is 2.88. The van der Waals surface area contributed by atoms with Gasteiger partial charge in [0.1, 0.15) is 0 Å². The summed E-state index contributed by atoms with van der Waals surface area (Å²) >= 11 is 0. The predicted octanol–water partition coefficient (Wildman–Crippen LogP) is 2.44. The third-order valence-electron chi connectivity index (χ3n) is 6.40. The van der Waals surface area contributed by atoms with Crippen LogP contribution in [0.4, 0.5) is 0 Å². The van der Waals surface area contributed by atoms with E-state index in [0.717, 1.165) is 31.4 Å². The number of hydrogen-bond acceptors (Lipinski definition) is 4. The highest BCUT2D eigenvalue weighted by molar-refractivity contribution is 5.79. The first kappa shape index (κ1) is 20.5. The van der Waals surface area contributed by atoms with Crippen molar-refractivity contribution in [1.29, 1.82) is 0 Å². The molecule has 2 saturated heterocycles. The summed E-state index contributed by atoms with van der Waals surface area (Å²) in [6.07, 6.45) is 5.80. The lowest BCUT2D eigenvalue weighted by atomic mass is 9.89. The molecule has 158 valence electrons. The van der Waals surface area contributed by atoms with Crippen molar-refractivity contribution in [3.63, 3.8) is 0 Å². The first-order valence-corrected chi connectivity index (χ1v) is 10.8. The molecule has 2 aliphatic rings. The van der Waals surface area contributed by atoms with E-state index >= 15 is 0 Å². The normalized spacial score (nSPS) is 26.5. The Kier molecular flexibility index (Phi) is 6.13. The lowest BCUT2D eigenvalue weighted by Gasteiger charge is -2.34. The lowest BCUT2D eigenvalue weighted by molar-refractivity contribution is -0.123. The maximum atomic E-state index is 12.8. The van der Waals surface area contributed by atoms with Gasteiger partial charge < -0.3 is 10.6 Å². The molecule has 2 amide bonds. The number of fused-ring (bicyclic) bond motifs is 1. The Morgan fingerprint density at radius 2 is 2.03 bits per heavy atom. The molecule has 3 heterocycles. The second-order valence-corrected chi connectivity index (χ2v) is 8.69. The Bertz CT molecular complexity index is 873. The average molecular weight is 407 g/mol. The number of aromatic nitrogens is 1. The summed E-state index contributed by atoms with van der Waals surface area (Å²) in [5.74, 6) is 0.124. The summed E-state index contributed by atoms with van der Waals surface area (Å²) in [5, 5.41) is 6.28. The third kappa shape index (κ3) is 4.70. The van der Waals surface area contributed by atoms with Crippen molar-refractivity contribution < 1.29 is 9.59 Å². The second-order valence-electron chi connectivity index (χ2n) is 8.69. The number of rotatable bonds is 6. The van der Waals surface area contributed by atoms with Gasteiger partial charge in [-0.1, -0.05) is 36.4 Å². The quantitative estimate of drug-likeness (QED) is 0.773. The Balaban J connectivity index is 1.49. The number of carbonyl (C=O) groups excluding carboxylic acids is 2. The number of amides is 2. The summed E-state index contributed by atoms with van der Waals surface area (Å²) in [4.78, 5) is 31.7. The second kappa shape index (κ2) is 8.96. The molecule has 0 bridgehead atoms. The van der Waals surface area contributed by atoms with Crippen molar-refractivity contribution >= 4 is 11.8 Å². The van der Waals surface area contributed by atoms with Crippen LogP contribution < -0.4 is 10.6 Å². The molecular weight excluding hydrogens is 376 g/mol. The van der Waals surface area contributed by atoms with E-state index in [0.29, 0.717) is 19.5 Å². The van der Waals surface area contributed by atoms with Crippen LogP contribution in [0, 0.1) is 0 Å². The molecule has 6 heteroatoms. The minimum absolute atomic E-state index is 0.00135. The molecule has 2 fully saturated rings. The highest BCUT2D eigenvalue weighted by Gasteiger charge is 2.50. The Morgan fingerprint density at radius 1 is 1.23 bits per heavy atom. The molecule has 0 spiro atoms. The van der Waals surface area contributed by atoms with E-state index in [-0.39, 0.29) is 29.4 Å². The Morgan fingerprint density at radius 3 is 2.80 bits per heavy atom. The summed E-state index contributed by atoms with van der Waals surface area (Å²) in [7, 11) is 0. The van der Waals surface area contributed by atoms with Crippen LogP contribution in [0.3, 0.4) is 0 Å². The fourth-order valence-corrected chi connectivity index (χ4v) is 5.05. The van der Waals surface area contributed by atoms with Gasteiger partial charge in [0.2, 0.25) is 11.8 Å². The number of pyridine rings is 1. The Labute approximate surface area is 178 Å². The maximum Gasteiger partial charge on any atom is 0.234 e. The molecule has 1 aromatic heterocycles. The topological polar surface area (TPSA) is 74.3 Å². The molecular formula is C24H30N4O2. The largest absolute Gasteiger partial charge is 0.349 e. The van der Waals surface area contributed by atoms with Crippen LogP contribution in [0.15, 0.2) is 54.7 Å². The van der Waals surface area contributed by atoms with Crippen LogP contribution in [0.25, 0.3) is 0 Å². The fourth-order valence-electron chi connectivity index (χ4n) is 5.05. The van der Waals surface area contributed by atoms with Crippen LogP contribution in [0.5, 0.6) is 0 Å². The summed E-state index contributed by atoms with van der Waals surface area (Å²) in [5.41, 5.74) is 1.81. The lowest BCUT2D eigenvalue weighted by Crippen LogP contribution is -2.54. The van der Waals surface area contributed by atoms with Crippen molar-refractivity contribution in [2.24, 2.45) is 0 Å². The Hall–Kier alpha value is -2.73. The molecule has 30 heavy (non-hydrogen) atoms. The van der Waals surface area contributed by atoms with E-state index in [4.69, 9.17) is 0 Å².